The van der Waals surface area contributed by atoms with Crippen LogP contribution in [0.5, 0.6) is 0 Å². The van der Waals surface area contributed by atoms with Gasteiger partial charge in [-0.3, -0.25) is 4.79 Å². The molecule has 1 amide bonds. The summed E-state index contributed by atoms with van der Waals surface area (Å²) in [6.07, 6.45) is 61.8. The molecule has 6 N–H and O–H groups in total. The average molecular weight is 952 g/mol. The number of nitrogens with one attached hydrogen (secondary N) is 1. The first-order valence-corrected chi connectivity index (χ1v) is 27.5. The molecule has 0 radical (unpaired) electrons. The minimum Gasteiger partial charge on any atom is -0.394 e. The Labute approximate surface area is 415 Å². The first-order chi connectivity index (χ1) is 33.3. The van der Waals surface area contributed by atoms with Crippen molar-refractivity contribution in [1.82, 2.24) is 5.32 Å². The summed E-state index contributed by atoms with van der Waals surface area (Å²) in [6, 6.07) is -0.811. The Balaban J connectivity index is 2.18. The molecule has 0 aliphatic carbocycles. The third-order valence-corrected chi connectivity index (χ3v) is 12.4. The second-order valence-electron chi connectivity index (χ2n) is 18.6. The molecule has 0 saturated carbocycles. The van der Waals surface area contributed by atoms with Crippen molar-refractivity contribution >= 4 is 5.91 Å². The number of hydrogen-bond acceptors (Lipinski definition) is 8. The first kappa shape index (κ1) is 63.1. The van der Waals surface area contributed by atoms with Crippen molar-refractivity contribution in [1.29, 1.82) is 0 Å². The van der Waals surface area contributed by atoms with E-state index in [0.29, 0.717) is 6.42 Å². The number of hydrogen-bond donors (Lipinski definition) is 6. The molecule has 0 aromatic heterocycles. The molecule has 0 bridgehead atoms. The molecule has 0 aromatic carbocycles. The van der Waals surface area contributed by atoms with Gasteiger partial charge in [-0.15, -0.1) is 0 Å². The number of rotatable bonds is 45. The highest BCUT2D eigenvalue weighted by molar-refractivity contribution is 5.76. The Morgan fingerprint density at radius 2 is 0.912 bits per heavy atom. The van der Waals surface area contributed by atoms with E-state index in [-0.39, 0.29) is 12.5 Å². The quantitative estimate of drug-likeness (QED) is 0.0261. The Hall–Kier alpha value is -2.89. The maximum absolute atomic E-state index is 13.0. The molecule has 7 atom stereocenters. The van der Waals surface area contributed by atoms with Crippen molar-refractivity contribution in [2.45, 2.75) is 256 Å². The summed E-state index contributed by atoms with van der Waals surface area (Å²) in [4.78, 5) is 13.0. The van der Waals surface area contributed by atoms with Crippen molar-refractivity contribution in [2.75, 3.05) is 13.2 Å². The highest BCUT2D eigenvalue weighted by Gasteiger charge is 2.44. The van der Waals surface area contributed by atoms with Crippen LogP contribution in [-0.4, -0.2) is 87.5 Å². The topological polar surface area (TPSA) is 149 Å². The Kier molecular flexibility index (Phi) is 44.3. The Bertz CT molecular complexity index is 1380. The van der Waals surface area contributed by atoms with E-state index in [0.717, 1.165) is 89.9 Å². The van der Waals surface area contributed by atoms with Gasteiger partial charge in [0.1, 0.15) is 24.4 Å². The molecule has 1 aliphatic heterocycles. The van der Waals surface area contributed by atoms with Gasteiger partial charge in [-0.05, 0) is 77.0 Å². The number of amides is 1. The molecule has 1 rings (SSSR count). The van der Waals surface area contributed by atoms with Crippen LogP contribution in [0.3, 0.4) is 0 Å². The largest absolute Gasteiger partial charge is 0.394 e. The smallest absolute Gasteiger partial charge is 0.220 e. The summed E-state index contributed by atoms with van der Waals surface area (Å²) in [5.41, 5.74) is 0. The number of unbranched alkanes of at least 4 members (excludes halogenated alkanes) is 21. The molecule has 390 valence electrons. The molecule has 1 aliphatic rings. The summed E-state index contributed by atoms with van der Waals surface area (Å²) in [5, 5.41) is 54.3. The normalized spacial score (nSPS) is 20.4. The lowest BCUT2D eigenvalue weighted by Gasteiger charge is -2.40. The van der Waals surface area contributed by atoms with Crippen LogP contribution >= 0.6 is 0 Å². The van der Waals surface area contributed by atoms with Crippen molar-refractivity contribution < 1.29 is 39.8 Å². The molecule has 9 nitrogen and oxygen atoms in total. The zero-order valence-electron chi connectivity index (χ0n) is 43.1. The van der Waals surface area contributed by atoms with Gasteiger partial charge in [0.25, 0.3) is 0 Å². The molecule has 9 heteroatoms. The average Bonchev–Trinajstić information content (AvgIpc) is 3.34. The number of aliphatic hydroxyl groups is 5. The zero-order valence-corrected chi connectivity index (χ0v) is 43.1. The van der Waals surface area contributed by atoms with Crippen molar-refractivity contribution in [3.05, 3.63) is 97.2 Å². The Morgan fingerprint density at radius 1 is 0.515 bits per heavy atom. The van der Waals surface area contributed by atoms with E-state index in [2.05, 4.69) is 104 Å². The second-order valence-corrected chi connectivity index (χ2v) is 18.6. The van der Waals surface area contributed by atoms with Gasteiger partial charge >= 0.3 is 0 Å². The third-order valence-electron chi connectivity index (χ3n) is 12.4. The van der Waals surface area contributed by atoms with Gasteiger partial charge in [-0.1, -0.05) is 227 Å². The molecule has 0 spiro atoms. The molecule has 1 fully saturated rings. The lowest BCUT2D eigenvalue weighted by Crippen LogP contribution is -2.60. The molecular formula is C59H101NO8. The van der Waals surface area contributed by atoms with E-state index in [1.165, 1.54) is 103 Å². The first-order valence-electron chi connectivity index (χ1n) is 27.5. The van der Waals surface area contributed by atoms with Crippen LogP contribution in [0.4, 0.5) is 0 Å². The molecule has 0 aromatic rings. The summed E-state index contributed by atoms with van der Waals surface area (Å²) < 4.78 is 11.2. The van der Waals surface area contributed by atoms with Gasteiger partial charge in [-0.2, -0.15) is 0 Å². The summed E-state index contributed by atoms with van der Waals surface area (Å²) in [6.45, 7) is 3.64. The predicted molar refractivity (Wildman–Crippen MR) is 285 cm³/mol. The van der Waals surface area contributed by atoms with Crippen LogP contribution in [0.15, 0.2) is 97.2 Å². The van der Waals surface area contributed by atoms with E-state index in [1.807, 2.05) is 6.08 Å². The molecule has 68 heavy (non-hydrogen) atoms. The lowest BCUT2D eigenvalue weighted by molar-refractivity contribution is -0.302. The predicted octanol–water partition coefficient (Wildman–Crippen LogP) is 13.2. The van der Waals surface area contributed by atoms with E-state index in [9.17, 15) is 30.3 Å². The van der Waals surface area contributed by atoms with Crippen LogP contribution in [0.25, 0.3) is 0 Å². The summed E-state index contributed by atoms with van der Waals surface area (Å²) in [5.74, 6) is -0.185. The van der Waals surface area contributed by atoms with Crippen molar-refractivity contribution in [2.24, 2.45) is 0 Å². The SMILES string of the molecule is CC/C=C\C/C=C\C/C=C\C/C=C\C/C=C\C/C=C\C/C=C\CCCCCCCCCCCCCC(=O)NC(COC1OC(CO)C(O)C(O)C1O)C(O)/C=C/CCCCCCCCCCCC. The minimum atomic E-state index is -1.57. The summed E-state index contributed by atoms with van der Waals surface area (Å²) >= 11 is 0. The van der Waals surface area contributed by atoms with Crippen LogP contribution in [0.2, 0.25) is 0 Å². The highest BCUT2D eigenvalue weighted by atomic mass is 16.7. The molecular weight excluding hydrogens is 851 g/mol. The van der Waals surface area contributed by atoms with E-state index >= 15 is 0 Å². The van der Waals surface area contributed by atoms with E-state index in [1.54, 1.807) is 6.08 Å². The van der Waals surface area contributed by atoms with Gasteiger partial charge in [0.2, 0.25) is 5.91 Å². The second kappa shape index (κ2) is 47.8. The van der Waals surface area contributed by atoms with Gasteiger partial charge in [0.15, 0.2) is 6.29 Å². The Morgan fingerprint density at radius 3 is 1.35 bits per heavy atom. The van der Waals surface area contributed by atoms with Gasteiger partial charge in [0.05, 0.1) is 25.4 Å². The lowest BCUT2D eigenvalue weighted by atomic mass is 9.99. The van der Waals surface area contributed by atoms with Crippen molar-refractivity contribution in [3.8, 4) is 0 Å². The number of allylic oxidation sites excluding steroid dienone is 15. The van der Waals surface area contributed by atoms with Crippen LogP contribution in [0, 0.1) is 0 Å². The maximum atomic E-state index is 13.0. The van der Waals surface area contributed by atoms with E-state index < -0.39 is 49.5 Å². The van der Waals surface area contributed by atoms with Crippen LogP contribution in [0.1, 0.15) is 213 Å². The number of carbonyl (C=O) groups excluding carboxylic acids is 1. The monoisotopic (exact) mass is 952 g/mol. The minimum absolute atomic E-state index is 0.185. The van der Waals surface area contributed by atoms with E-state index in [4.69, 9.17) is 9.47 Å². The molecule has 7 unspecified atom stereocenters. The fourth-order valence-electron chi connectivity index (χ4n) is 8.08. The number of ether oxygens (including phenoxy) is 2. The standard InChI is InChI=1S/C59H101NO8/c1-3-5-7-9-11-13-15-17-18-19-20-21-22-23-24-25-26-27-28-29-30-31-32-33-34-35-36-37-39-41-43-45-47-49-55(63)60-52(51-67-59-58(66)57(65)56(64)54(50-61)68-59)53(62)48-46-44-42-40-38-16-14-12-10-8-6-4-2/h5,7,11,13,17-18,20-21,23-24,26-27,29-30,46,48,52-54,56-59,61-62,64-66H,3-4,6,8-10,12,14-16,19,22,25,28,31-45,47,49-51H2,1-2H3,(H,60,63)/b7-5-,13-11-,18-17-,21-20-,24-23-,27-26-,30-29-,48-46+. The number of aliphatic hydroxyl groups excluding tert-OH is 5. The van der Waals surface area contributed by atoms with Gasteiger partial charge in [0, 0.05) is 6.42 Å². The van der Waals surface area contributed by atoms with Crippen molar-refractivity contribution in [3.63, 3.8) is 0 Å². The molecule has 1 heterocycles. The highest BCUT2D eigenvalue weighted by Crippen LogP contribution is 2.23. The van der Waals surface area contributed by atoms with Crippen LogP contribution < -0.4 is 5.32 Å². The van der Waals surface area contributed by atoms with Gasteiger partial charge < -0.3 is 40.3 Å². The fraction of sp³-hybridized carbons (Fsp3) is 0.712. The van der Waals surface area contributed by atoms with Gasteiger partial charge in [-0.25, -0.2) is 0 Å². The van der Waals surface area contributed by atoms with Crippen LogP contribution in [-0.2, 0) is 14.3 Å². The third kappa shape index (κ3) is 37.0. The fourth-order valence-corrected chi connectivity index (χ4v) is 8.08. The number of carbonyl (C=O) groups is 1. The summed E-state index contributed by atoms with van der Waals surface area (Å²) in [7, 11) is 0. The maximum Gasteiger partial charge on any atom is 0.220 e. The molecule has 1 saturated heterocycles. The zero-order chi connectivity index (χ0) is 49.4.